The molecule has 1 amide bonds. The minimum absolute atomic E-state index is 0.129. The normalized spacial score (nSPS) is 13.1. The summed E-state index contributed by atoms with van der Waals surface area (Å²) in [6.45, 7) is 0.539. The number of thiazole rings is 1. The number of benzene rings is 1. The molecule has 0 radical (unpaired) electrons. The Morgan fingerprint density at radius 2 is 2.08 bits per heavy atom. The molecule has 1 aliphatic carbocycles. The molecule has 6 heteroatoms. The van der Waals surface area contributed by atoms with Crippen molar-refractivity contribution >= 4 is 22.2 Å². The Bertz CT molecular complexity index is 975. The average molecular weight is 353 g/mol. The lowest BCUT2D eigenvalue weighted by molar-refractivity contribution is 0.0951. The number of aryl methyl sites for hydroxylation is 3. The number of rotatable bonds is 5. The van der Waals surface area contributed by atoms with Crippen molar-refractivity contribution in [3.05, 3.63) is 68.6 Å². The number of nitrogens with one attached hydrogen (secondary N) is 1. The molecule has 0 aliphatic heterocycles. The van der Waals surface area contributed by atoms with Crippen molar-refractivity contribution in [2.24, 2.45) is 0 Å². The quantitative estimate of drug-likeness (QED) is 0.717. The van der Waals surface area contributed by atoms with Crippen molar-refractivity contribution in [2.45, 2.75) is 32.1 Å². The lowest BCUT2D eigenvalue weighted by Gasteiger charge is -2.06. The SMILES string of the molecule is O=C(NCCCc1ccccc1)c1cnc2sc3c(n2c1=O)CCC3. The zero-order chi connectivity index (χ0) is 17.2. The fraction of sp³-hybridized carbons (Fsp3) is 0.316. The summed E-state index contributed by atoms with van der Waals surface area (Å²) >= 11 is 1.56. The monoisotopic (exact) mass is 353 g/mol. The van der Waals surface area contributed by atoms with Crippen LogP contribution in [0.1, 0.15) is 39.3 Å². The van der Waals surface area contributed by atoms with Crippen LogP contribution in [-0.4, -0.2) is 21.8 Å². The second kappa shape index (κ2) is 6.80. The molecule has 3 aromatic rings. The van der Waals surface area contributed by atoms with E-state index in [0.717, 1.165) is 37.8 Å². The average Bonchev–Trinajstić information content (AvgIpc) is 3.20. The Kier molecular flexibility index (Phi) is 4.36. The van der Waals surface area contributed by atoms with Crippen LogP contribution in [0.2, 0.25) is 0 Å². The summed E-state index contributed by atoms with van der Waals surface area (Å²) in [6.07, 6.45) is 6.11. The first-order valence-corrected chi connectivity index (χ1v) is 9.40. The molecule has 0 fully saturated rings. The largest absolute Gasteiger partial charge is 0.352 e. The van der Waals surface area contributed by atoms with Crippen molar-refractivity contribution in [1.82, 2.24) is 14.7 Å². The first-order chi connectivity index (χ1) is 12.2. The van der Waals surface area contributed by atoms with Gasteiger partial charge in [0.25, 0.3) is 11.5 Å². The van der Waals surface area contributed by atoms with Gasteiger partial charge in [-0.3, -0.25) is 14.0 Å². The first kappa shape index (κ1) is 16.0. The van der Waals surface area contributed by atoms with Crippen molar-refractivity contribution < 1.29 is 4.79 Å². The summed E-state index contributed by atoms with van der Waals surface area (Å²) in [5.74, 6) is -0.335. The van der Waals surface area contributed by atoms with E-state index >= 15 is 0 Å². The lowest BCUT2D eigenvalue weighted by Crippen LogP contribution is -2.32. The summed E-state index contributed by atoms with van der Waals surface area (Å²) in [4.78, 5) is 31.3. The van der Waals surface area contributed by atoms with E-state index in [0.29, 0.717) is 11.5 Å². The highest BCUT2D eigenvalue weighted by atomic mass is 32.1. The molecular formula is C19H19N3O2S. The van der Waals surface area contributed by atoms with Crippen LogP contribution in [0.4, 0.5) is 0 Å². The topological polar surface area (TPSA) is 63.5 Å². The Hall–Kier alpha value is -2.47. The van der Waals surface area contributed by atoms with E-state index in [2.05, 4.69) is 22.4 Å². The Morgan fingerprint density at radius 3 is 2.92 bits per heavy atom. The zero-order valence-electron chi connectivity index (χ0n) is 13.8. The minimum atomic E-state index is -0.335. The Morgan fingerprint density at radius 1 is 1.24 bits per heavy atom. The first-order valence-electron chi connectivity index (χ1n) is 8.58. The van der Waals surface area contributed by atoms with Crippen LogP contribution < -0.4 is 10.9 Å². The molecule has 25 heavy (non-hydrogen) atoms. The number of nitrogens with zero attached hydrogens (tertiary/aromatic N) is 2. The van der Waals surface area contributed by atoms with Crippen molar-refractivity contribution in [2.75, 3.05) is 6.54 Å². The predicted octanol–water partition coefficient (Wildman–Crippen LogP) is 2.61. The zero-order valence-corrected chi connectivity index (χ0v) is 14.6. The second-order valence-corrected chi connectivity index (χ2v) is 7.33. The van der Waals surface area contributed by atoms with Gasteiger partial charge in [0.05, 0.1) is 0 Å². The number of hydrogen-bond acceptors (Lipinski definition) is 4. The van der Waals surface area contributed by atoms with Gasteiger partial charge in [-0.05, 0) is 37.7 Å². The van der Waals surface area contributed by atoms with Gasteiger partial charge in [0.15, 0.2) is 4.96 Å². The number of fused-ring (bicyclic) bond motifs is 3. The summed E-state index contributed by atoms with van der Waals surface area (Å²) < 4.78 is 1.63. The van der Waals surface area contributed by atoms with Gasteiger partial charge < -0.3 is 5.32 Å². The molecule has 0 saturated heterocycles. The van der Waals surface area contributed by atoms with Gasteiger partial charge in [-0.15, -0.1) is 11.3 Å². The van der Waals surface area contributed by atoms with E-state index in [4.69, 9.17) is 0 Å². The highest BCUT2D eigenvalue weighted by Crippen LogP contribution is 2.28. The highest BCUT2D eigenvalue weighted by Gasteiger charge is 2.22. The molecule has 1 N–H and O–H groups in total. The van der Waals surface area contributed by atoms with Gasteiger partial charge in [0, 0.05) is 23.3 Å². The number of carbonyl (C=O) groups excluding carboxylic acids is 1. The van der Waals surface area contributed by atoms with E-state index in [1.165, 1.54) is 16.6 Å². The Balaban J connectivity index is 1.45. The molecule has 0 unspecified atom stereocenters. The molecule has 0 saturated carbocycles. The predicted molar refractivity (Wildman–Crippen MR) is 98.5 cm³/mol. The summed E-state index contributed by atoms with van der Waals surface area (Å²) in [5, 5.41) is 2.85. The number of aromatic nitrogens is 2. The van der Waals surface area contributed by atoms with Crippen LogP contribution in [-0.2, 0) is 19.3 Å². The van der Waals surface area contributed by atoms with Crippen LogP contribution in [0.3, 0.4) is 0 Å². The molecular weight excluding hydrogens is 334 g/mol. The van der Waals surface area contributed by atoms with E-state index in [-0.39, 0.29) is 17.0 Å². The lowest BCUT2D eigenvalue weighted by atomic mass is 10.1. The summed E-state index contributed by atoms with van der Waals surface area (Å²) in [5.41, 5.74) is 2.17. The summed E-state index contributed by atoms with van der Waals surface area (Å²) in [6, 6.07) is 10.2. The van der Waals surface area contributed by atoms with E-state index < -0.39 is 0 Å². The molecule has 128 valence electrons. The standard InChI is InChI=1S/C19H19N3O2S/c23-17(20-11-5-8-13-6-2-1-3-7-13)14-12-21-19-22(18(14)24)15-9-4-10-16(15)25-19/h1-3,6-7,12H,4-5,8-11H2,(H,20,23). The third kappa shape index (κ3) is 3.09. The second-order valence-electron chi connectivity index (χ2n) is 6.27. The van der Waals surface area contributed by atoms with Crippen LogP contribution in [0.5, 0.6) is 0 Å². The molecule has 0 atom stereocenters. The molecule has 5 nitrogen and oxygen atoms in total. The van der Waals surface area contributed by atoms with Crippen molar-refractivity contribution in [1.29, 1.82) is 0 Å². The fourth-order valence-corrected chi connectivity index (χ4v) is 4.46. The van der Waals surface area contributed by atoms with Gasteiger partial charge >= 0.3 is 0 Å². The van der Waals surface area contributed by atoms with Gasteiger partial charge in [0.2, 0.25) is 0 Å². The van der Waals surface area contributed by atoms with Gasteiger partial charge in [-0.1, -0.05) is 30.3 Å². The molecule has 1 aliphatic rings. The van der Waals surface area contributed by atoms with E-state index in [1.54, 1.807) is 15.7 Å². The number of carbonyl (C=O) groups is 1. The third-order valence-corrected chi connectivity index (χ3v) is 5.72. The van der Waals surface area contributed by atoms with Crippen LogP contribution in [0.15, 0.2) is 41.3 Å². The molecule has 2 heterocycles. The molecule has 1 aromatic carbocycles. The van der Waals surface area contributed by atoms with E-state index in [1.807, 2.05) is 18.2 Å². The van der Waals surface area contributed by atoms with Gasteiger partial charge in [0.1, 0.15) is 5.56 Å². The minimum Gasteiger partial charge on any atom is -0.352 e. The summed E-state index contributed by atoms with van der Waals surface area (Å²) in [7, 11) is 0. The van der Waals surface area contributed by atoms with Gasteiger partial charge in [-0.2, -0.15) is 0 Å². The molecule has 0 bridgehead atoms. The van der Waals surface area contributed by atoms with Crippen LogP contribution >= 0.6 is 11.3 Å². The maximum Gasteiger partial charge on any atom is 0.271 e. The van der Waals surface area contributed by atoms with Gasteiger partial charge in [-0.25, -0.2) is 4.98 Å². The number of hydrogen-bond donors (Lipinski definition) is 1. The number of amides is 1. The Labute approximate surface area is 149 Å². The highest BCUT2D eigenvalue weighted by molar-refractivity contribution is 7.17. The third-order valence-electron chi connectivity index (χ3n) is 4.57. The van der Waals surface area contributed by atoms with Crippen LogP contribution in [0.25, 0.3) is 4.96 Å². The van der Waals surface area contributed by atoms with Crippen LogP contribution in [0, 0.1) is 0 Å². The smallest absolute Gasteiger partial charge is 0.271 e. The van der Waals surface area contributed by atoms with Crippen molar-refractivity contribution in [3.63, 3.8) is 0 Å². The fourth-order valence-electron chi connectivity index (χ4n) is 3.30. The van der Waals surface area contributed by atoms with E-state index in [9.17, 15) is 9.59 Å². The molecule has 2 aromatic heterocycles. The van der Waals surface area contributed by atoms with Crippen molar-refractivity contribution in [3.8, 4) is 0 Å². The molecule has 0 spiro atoms. The maximum atomic E-state index is 12.7. The maximum absolute atomic E-state index is 12.7. The molecule has 4 rings (SSSR count).